The third kappa shape index (κ3) is 8.31. The standard InChI is InChI=1S/C21H27ClN4O2/c1-3-23-21(24-12-11-17-7-9-18(22)10-8-17)25-13-14-28-20-6-4-5-19(15-20)26-16(2)27/h4-10,15H,3,11-14H2,1-2H3,(H,26,27)(H2,23,24,25). The highest BCUT2D eigenvalue weighted by Crippen LogP contribution is 2.17. The van der Waals surface area contributed by atoms with Crippen LogP contribution >= 0.6 is 11.6 Å². The molecule has 0 heterocycles. The van der Waals surface area contributed by atoms with Gasteiger partial charge in [0.25, 0.3) is 0 Å². The molecular weight excluding hydrogens is 376 g/mol. The van der Waals surface area contributed by atoms with Crippen molar-refractivity contribution in [3.8, 4) is 5.75 Å². The number of amides is 1. The molecule has 2 aromatic carbocycles. The lowest BCUT2D eigenvalue weighted by Crippen LogP contribution is -2.39. The van der Waals surface area contributed by atoms with E-state index in [4.69, 9.17) is 16.3 Å². The fourth-order valence-corrected chi connectivity index (χ4v) is 2.62. The van der Waals surface area contributed by atoms with E-state index in [9.17, 15) is 4.79 Å². The number of halogens is 1. The SMILES string of the molecule is CCNC(=NCCc1ccc(Cl)cc1)NCCOc1cccc(NC(C)=O)c1. The fourth-order valence-electron chi connectivity index (χ4n) is 2.49. The Morgan fingerprint density at radius 2 is 1.93 bits per heavy atom. The average Bonchev–Trinajstić information content (AvgIpc) is 2.66. The molecule has 0 aliphatic carbocycles. The zero-order valence-corrected chi connectivity index (χ0v) is 17.1. The second-order valence-corrected chi connectivity index (χ2v) is 6.56. The Hall–Kier alpha value is -2.73. The molecule has 0 radical (unpaired) electrons. The van der Waals surface area contributed by atoms with E-state index in [1.54, 1.807) is 6.07 Å². The van der Waals surface area contributed by atoms with Crippen molar-refractivity contribution in [2.45, 2.75) is 20.3 Å². The minimum atomic E-state index is -0.107. The zero-order chi connectivity index (χ0) is 20.2. The van der Waals surface area contributed by atoms with Crippen molar-refractivity contribution in [2.75, 3.05) is 31.6 Å². The molecule has 0 fully saturated rings. The van der Waals surface area contributed by atoms with Gasteiger partial charge in [0.15, 0.2) is 5.96 Å². The minimum absolute atomic E-state index is 0.107. The summed E-state index contributed by atoms with van der Waals surface area (Å²) in [6.07, 6.45) is 0.847. The van der Waals surface area contributed by atoms with Crippen LogP contribution in [0.25, 0.3) is 0 Å². The molecule has 6 nitrogen and oxygen atoms in total. The third-order valence-electron chi connectivity index (χ3n) is 3.75. The van der Waals surface area contributed by atoms with Crippen LogP contribution in [0.3, 0.4) is 0 Å². The minimum Gasteiger partial charge on any atom is -0.492 e. The first-order valence-corrected chi connectivity index (χ1v) is 9.71. The number of nitrogens with one attached hydrogen (secondary N) is 3. The molecular formula is C21H27ClN4O2. The Bertz CT molecular complexity index is 778. The summed E-state index contributed by atoms with van der Waals surface area (Å²) < 4.78 is 5.73. The Morgan fingerprint density at radius 1 is 1.14 bits per heavy atom. The predicted molar refractivity (Wildman–Crippen MR) is 115 cm³/mol. The van der Waals surface area contributed by atoms with Gasteiger partial charge in [0.2, 0.25) is 5.91 Å². The van der Waals surface area contributed by atoms with Gasteiger partial charge < -0.3 is 20.7 Å². The normalized spacial score (nSPS) is 11.0. The number of rotatable bonds is 9. The van der Waals surface area contributed by atoms with Crippen LogP contribution in [0.15, 0.2) is 53.5 Å². The number of hydrogen-bond donors (Lipinski definition) is 3. The molecule has 0 saturated carbocycles. The summed E-state index contributed by atoms with van der Waals surface area (Å²) in [5, 5.41) is 9.96. The first kappa shape index (κ1) is 21.6. The molecule has 0 unspecified atom stereocenters. The first-order valence-electron chi connectivity index (χ1n) is 9.34. The topological polar surface area (TPSA) is 74.8 Å². The van der Waals surface area contributed by atoms with E-state index < -0.39 is 0 Å². The summed E-state index contributed by atoms with van der Waals surface area (Å²) in [5.74, 6) is 1.36. The van der Waals surface area contributed by atoms with Crippen LogP contribution in [-0.4, -0.2) is 38.1 Å². The van der Waals surface area contributed by atoms with E-state index in [0.717, 1.165) is 29.6 Å². The highest BCUT2D eigenvalue weighted by atomic mass is 35.5. The van der Waals surface area contributed by atoms with Crippen LogP contribution in [-0.2, 0) is 11.2 Å². The molecule has 0 aromatic heterocycles. The number of ether oxygens (including phenoxy) is 1. The van der Waals surface area contributed by atoms with Crippen molar-refractivity contribution in [1.29, 1.82) is 0 Å². The maximum absolute atomic E-state index is 11.1. The Morgan fingerprint density at radius 3 is 2.64 bits per heavy atom. The van der Waals surface area contributed by atoms with Crippen LogP contribution in [0.1, 0.15) is 19.4 Å². The van der Waals surface area contributed by atoms with Crippen LogP contribution < -0.4 is 20.7 Å². The van der Waals surface area contributed by atoms with Crippen molar-refractivity contribution in [1.82, 2.24) is 10.6 Å². The molecule has 28 heavy (non-hydrogen) atoms. The second kappa shape index (κ2) is 11.9. The number of nitrogens with zero attached hydrogens (tertiary/aromatic N) is 1. The number of guanidine groups is 1. The number of carbonyl (C=O) groups is 1. The smallest absolute Gasteiger partial charge is 0.221 e. The lowest BCUT2D eigenvalue weighted by molar-refractivity contribution is -0.114. The van der Waals surface area contributed by atoms with Gasteiger partial charge >= 0.3 is 0 Å². The monoisotopic (exact) mass is 402 g/mol. The number of carbonyl (C=O) groups excluding carboxylic acids is 1. The summed E-state index contributed by atoms with van der Waals surface area (Å²) in [4.78, 5) is 15.7. The van der Waals surface area contributed by atoms with Gasteiger partial charge in [0.1, 0.15) is 12.4 Å². The average molecular weight is 403 g/mol. The molecule has 0 saturated heterocycles. The van der Waals surface area contributed by atoms with E-state index in [2.05, 4.69) is 20.9 Å². The van der Waals surface area contributed by atoms with Gasteiger partial charge in [-0.1, -0.05) is 29.8 Å². The predicted octanol–water partition coefficient (Wildman–Crippen LogP) is 3.48. The van der Waals surface area contributed by atoms with Gasteiger partial charge in [0, 0.05) is 36.8 Å². The van der Waals surface area contributed by atoms with Crippen molar-refractivity contribution in [2.24, 2.45) is 4.99 Å². The van der Waals surface area contributed by atoms with Gasteiger partial charge in [-0.2, -0.15) is 0 Å². The molecule has 150 valence electrons. The summed E-state index contributed by atoms with van der Waals surface area (Å²) in [6.45, 7) is 6.05. The molecule has 3 N–H and O–H groups in total. The molecule has 7 heteroatoms. The summed E-state index contributed by atoms with van der Waals surface area (Å²) >= 11 is 5.91. The molecule has 0 aliphatic heterocycles. The maximum Gasteiger partial charge on any atom is 0.221 e. The van der Waals surface area contributed by atoms with Crippen molar-refractivity contribution >= 4 is 29.2 Å². The highest BCUT2D eigenvalue weighted by molar-refractivity contribution is 6.30. The quantitative estimate of drug-likeness (QED) is 0.341. The lowest BCUT2D eigenvalue weighted by atomic mass is 10.1. The number of anilines is 1. The van der Waals surface area contributed by atoms with Crippen molar-refractivity contribution in [3.63, 3.8) is 0 Å². The lowest BCUT2D eigenvalue weighted by Gasteiger charge is -2.12. The Kier molecular flexibility index (Phi) is 9.15. The van der Waals surface area contributed by atoms with Gasteiger partial charge in [-0.15, -0.1) is 0 Å². The molecule has 2 aromatic rings. The van der Waals surface area contributed by atoms with Crippen LogP contribution in [0.5, 0.6) is 5.75 Å². The second-order valence-electron chi connectivity index (χ2n) is 6.12. The van der Waals surface area contributed by atoms with Crippen LogP contribution in [0.4, 0.5) is 5.69 Å². The van der Waals surface area contributed by atoms with E-state index in [0.29, 0.717) is 25.4 Å². The van der Waals surface area contributed by atoms with E-state index in [-0.39, 0.29) is 5.91 Å². The number of benzene rings is 2. The Balaban J connectivity index is 1.76. The maximum atomic E-state index is 11.1. The molecule has 0 atom stereocenters. The highest BCUT2D eigenvalue weighted by Gasteiger charge is 2.01. The molecule has 1 amide bonds. The van der Waals surface area contributed by atoms with E-state index in [1.807, 2.05) is 49.4 Å². The summed E-state index contributed by atoms with van der Waals surface area (Å²) in [5.41, 5.74) is 1.92. The first-order chi connectivity index (χ1) is 13.6. The van der Waals surface area contributed by atoms with Gasteiger partial charge in [-0.3, -0.25) is 9.79 Å². The molecule has 0 aliphatic rings. The largest absolute Gasteiger partial charge is 0.492 e. The van der Waals surface area contributed by atoms with Gasteiger partial charge in [-0.05, 0) is 43.2 Å². The van der Waals surface area contributed by atoms with Crippen molar-refractivity contribution < 1.29 is 9.53 Å². The molecule has 2 rings (SSSR count). The summed E-state index contributed by atoms with van der Waals surface area (Å²) in [7, 11) is 0. The van der Waals surface area contributed by atoms with Crippen LogP contribution in [0, 0.1) is 0 Å². The van der Waals surface area contributed by atoms with Crippen LogP contribution in [0.2, 0.25) is 5.02 Å². The van der Waals surface area contributed by atoms with Gasteiger partial charge in [0.05, 0.1) is 6.54 Å². The van der Waals surface area contributed by atoms with E-state index in [1.165, 1.54) is 12.5 Å². The Labute approximate surface area is 171 Å². The van der Waals surface area contributed by atoms with Gasteiger partial charge in [-0.25, -0.2) is 0 Å². The fraction of sp³-hybridized carbons (Fsp3) is 0.333. The zero-order valence-electron chi connectivity index (χ0n) is 16.3. The molecule has 0 spiro atoms. The number of aliphatic imine (C=N–C) groups is 1. The van der Waals surface area contributed by atoms with Crippen molar-refractivity contribution in [3.05, 3.63) is 59.1 Å². The summed E-state index contributed by atoms with van der Waals surface area (Å²) in [6, 6.07) is 15.1. The number of hydrogen-bond acceptors (Lipinski definition) is 3. The molecule has 0 bridgehead atoms. The van der Waals surface area contributed by atoms with E-state index >= 15 is 0 Å². The third-order valence-corrected chi connectivity index (χ3v) is 4.00.